The van der Waals surface area contributed by atoms with Gasteiger partial charge in [-0.3, -0.25) is 0 Å². The van der Waals surface area contributed by atoms with E-state index in [2.05, 4.69) is 4.98 Å². The smallest absolute Gasteiger partial charge is 0.232 e. The van der Waals surface area contributed by atoms with E-state index < -0.39 is 0 Å². The minimum Gasteiger partial charge on any atom is -0.477 e. The second-order valence-corrected chi connectivity index (χ2v) is 2.67. The number of halogens is 1. The zero-order chi connectivity index (χ0) is 8.97. The fourth-order valence-corrected chi connectivity index (χ4v) is 1.06. The van der Waals surface area contributed by atoms with Gasteiger partial charge in [-0.1, -0.05) is 11.6 Å². The summed E-state index contributed by atoms with van der Waals surface area (Å²) in [5.74, 6) is 0.469. The molecule has 66 valence electrons. The summed E-state index contributed by atoms with van der Waals surface area (Å²) in [4.78, 5) is 4.00. The summed E-state index contributed by atoms with van der Waals surface area (Å²) in [7, 11) is 0. The van der Waals surface area contributed by atoms with Gasteiger partial charge < -0.3 is 10.5 Å². The van der Waals surface area contributed by atoms with E-state index in [4.69, 9.17) is 22.1 Å². The third-order valence-corrected chi connectivity index (χ3v) is 1.65. The molecule has 4 heteroatoms. The van der Waals surface area contributed by atoms with Crippen LogP contribution in [0.5, 0.6) is 5.88 Å². The molecule has 12 heavy (non-hydrogen) atoms. The first-order chi connectivity index (χ1) is 5.77. The van der Waals surface area contributed by atoms with Crippen LogP contribution in [-0.4, -0.2) is 11.6 Å². The Morgan fingerprint density at radius 1 is 1.67 bits per heavy atom. The van der Waals surface area contributed by atoms with E-state index in [0.717, 1.165) is 5.56 Å². The first-order valence-corrected chi connectivity index (χ1v) is 4.13. The fourth-order valence-electron chi connectivity index (χ4n) is 0.820. The summed E-state index contributed by atoms with van der Waals surface area (Å²) in [6.45, 7) is 2.89. The second kappa shape index (κ2) is 4.28. The molecule has 0 fully saturated rings. The van der Waals surface area contributed by atoms with Crippen LogP contribution in [-0.2, 0) is 6.54 Å². The van der Waals surface area contributed by atoms with Crippen molar-refractivity contribution in [2.24, 2.45) is 5.73 Å². The highest BCUT2D eigenvalue weighted by atomic mass is 35.5. The van der Waals surface area contributed by atoms with Crippen LogP contribution < -0.4 is 10.5 Å². The summed E-state index contributed by atoms with van der Waals surface area (Å²) in [6.07, 6.45) is 1.66. The topological polar surface area (TPSA) is 48.1 Å². The zero-order valence-corrected chi connectivity index (χ0v) is 7.64. The highest BCUT2D eigenvalue weighted by Gasteiger charge is 2.02. The molecule has 0 spiro atoms. The number of ether oxygens (including phenoxy) is 1. The van der Waals surface area contributed by atoms with Crippen molar-refractivity contribution >= 4 is 11.6 Å². The molecule has 0 radical (unpaired) electrons. The van der Waals surface area contributed by atoms with Gasteiger partial charge in [0, 0.05) is 12.7 Å². The predicted molar refractivity (Wildman–Crippen MR) is 48.3 cm³/mol. The first-order valence-electron chi connectivity index (χ1n) is 3.75. The van der Waals surface area contributed by atoms with Crippen LogP contribution in [0.15, 0.2) is 12.3 Å². The van der Waals surface area contributed by atoms with Crippen molar-refractivity contribution in [2.45, 2.75) is 13.5 Å². The van der Waals surface area contributed by atoms with Gasteiger partial charge in [0.05, 0.1) is 6.61 Å². The van der Waals surface area contributed by atoms with Gasteiger partial charge in [-0.05, 0) is 18.6 Å². The van der Waals surface area contributed by atoms with E-state index in [9.17, 15) is 0 Å². The molecular weight excluding hydrogens is 176 g/mol. The van der Waals surface area contributed by atoms with Crippen LogP contribution in [0.4, 0.5) is 0 Å². The van der Waals surface area contributed by atoms with Crippen molar-refractivity contribution < 1.29 is 4.74 Å². The monoisotopic (exact) mass is 186 g/mol. The number of aromatic nitrogens is 1. The molecule has 0 atom stereocenters. The molecule has 1 aromatic heterocycles. The van der Waals surface area contributed by atoms with Crippen LogP contribution >= 0.6 is 11.6 Å². The summed E-state index contributed by atoms with van der Waals surface area (Å²) in [5, 5.41) is 0.514. The largest absolute Gasteiger partial charge is 0.477 e. The average molecular weight is 187 g/mol. The Morgan fingerprint density at radius 2 is 2.42 bits per heavy atom. The average Bonchev–Trinajstić information content (AvgIpc) is 2.09. The highest BCUT2D eigenvalue weighted by molar-refractivity contribution is 6.31. The molecule has 3 nitrogen and oxygen atoms in total. The molecule has 1 aromatic rings. The van der Waals surface area contributed by atoms with Crippen LogP contribution in [0.1, 0.15) is 12.5 Å². The Bertz CT molecular complexity index is 265. The van der Waals surface area contributed by atoms with Crippen LogP contribution in [0.2, 0.25) is 5.02 Å². The highest BCUT2D eigenvalue weighted by Crippen LogP contribution is 2.21. The van der Waals surface area contributed by atoms with Gasteiger partial charge in [0.25, 0.3) is 0 Å². The van der Waals surface area contributed by atoms with Crippen LogP contribution in [0.3, 0.4) is 0 Å². The SMILES string of the molecule is CCOc1ncc(CN)cc1Cl. The molecule has 0 saturated carbocycles. The number of nitrogens with zero attached hydrogens (tertiary/aromatic N) is 1. The third-order valence-electron chi connectivity index (χ3n) is 1.38. The van der Waals surface area contributed by atoms with E-state index in [1.54, 1.807) is 12.3 Å². The lowest BCUT2D eigenvalue weighted by atomic mass is 10.3. The number of hydrogen-bond acceptors (Lipinski definition) is 3. The third kappa shape index (κ3) is 2.09. The van der Waals surface area contributed by atoms with E-state index >= 15 is 0 Å². The molecule has 1 heterocycles. The van der Waals surface area contributed by atoms with E-state index in [1.165, 1.54) is 0 Å². The van der Waals surface area contributed by atoms with Crippen molar-refractivity contribution in [3.05, 3.63) is 22.8 Å². The molecule has 1 rings (SSSR count). The number of rotatable bonds is 3. The first kappa shape index (κ1) is 9.29. The molecule has 0 aromatic carbocycles. The minimum absolute atomic E-state index is 0.444. The van der Waals surface area contributed by atoms with Crippen LogP contribution in [0.25, 0.3) is 0 Å². The van der Waals surface area contributed by atoms with E-state index in [1.807, 2.05) is 6.92 Å². The maximum absolute atomic E-state index is 5.84. The molecule has 0 saturated heterocycles. The molecule has 0 amide bonds. The van der Waals surface area contributed by atoms with Gasteiger partial charge in [-0.25, -0.2) is 4.98 Å². The number of pyridine rings is 1. The number of hydrogen-bond donors (Lipinski definition) is 1. The maximum atomic E-state index is 5.84. The van der Waals surface area contributed by atoms with Crippen molar-refractivity contribution in [1.29, 1.82) is 0 Å². The Kier molecular flexibility index (Phi) is 3.31. The second-order valence-electron chi connectivity index (χ2n) is 2.27. The molecule has 0 unspecified atom stereocenters. The van der Waals surface area contributed by atoms with Crippen LogP contribution in [0, 0.1) is 0 Å². The van der Waals surface area contributed by atoms with Gasteiger partial charge in [0.1, 0.15) is 5.02 Å². The standard InChI is InChI=1S/C8H11ClN2O/c1-2-12-8-7(9)3-6(4-10)5-11-8/h3,5H,2,4,10H2,1H3. The van der Waals surface area contributed by atoms with Gasteiger partial charge in [0.15, 0.2) is 0 Å². The summed E-state index contributed by atoms with van der Waals surface area (Å²) < 4.78 is 5.15. The van der Waals surface area contributed by atoms with Gasteiger partial charge in [0.2, 0.25) is 5.88 Å². The lowest BCUT2D eigenvalue weighted by molar-refractivity contribution is 0.327. The summed E-state index contributed by atoms with van der Waals surface area (Å²) >= 11 is 5.84. The van der Waals surface area contributed by atoms with Gasteiger partial charge >= 0.3 is 0 Å². The Balaban J connectivity index is 2.87. The molecule has 0 bridgehead atoms. The van der Waals surface area contributed by atoms with Crippen molar-refractivity contribution in [3.8, 4) is 5.88 Å². The molecule has 0 aliphatic carbocycles. The van der Waals surface area contributed by atoms with Gasteiger partial charge in [-0.15, -0.1) is 0 Å². The fraction of sp³-hybridized carbons (Fsp3) is 0.375. The lowest BCUT2D eigenvalue weighted by Gasteiger charge is -2.04. The lowest BCUT2D eigenvalue weighted by Crippen LogP contribution is -2.00. The molecular formula is C8H11ClN2O. The minimum atomic E-state index is 0.444. The molecule has 0 aliphatic heterocycles. The predicted octanol–water partition coefficient (Wildman–Crippen LogP) is 1.59. The van der Waals surface area contributed by atoms with Crippen molar-refractivity contribution in [3.63, 3.8) is 0 Å². The maximum Gasteiger partial charge on any atom is 0.232 e. The van der Waals surface area contributed by atoms with Crippen molar-refractivity contribution in [1.82, 2.24) is 4.98 Å². The van der Waals surface area contributed by atoms with Crippen molar-refractivity contribution in [2.75, 3.05) is 6.61 Å². The Labute approximate surface area is 76.5 Å². The zero-order valence-electron chi connectivity index (χ0n) is 6.88. The molecule has 0 aliphatic rings. The van der Waals surface area contributed by atoms with Gasteiger partial charge in [-0.2, -0.15) is 0 Å². The normalized spacial score (nSPS) is 9.92. The molecule has 2 N–H and O–H groups in total. The van der Waals surface area contributed by atoms with E-state index in [0.29, 0.717) is 24.1 Å². The Morgan fingerprint density at radius 3 is 2.92 bits per heavy atom. The summed E-state index contributed by atoms with van der Waals surface area (Å²) in [5.41, 5.74) is 6.31. The van der Waals surface area contributed by atoms with E-state index in [-0.39, 0.29) is 0 Å². The Hall–Kier alpha value is -0.800. The summed E-state index contributed by atoms with van der Waals surface area (Å²) in [6, 6.07) is 1.76. The number of nitrogens with two attached hydrogens (primary N) is 1. The quantitative estimate of drug-likeness (QED) is 0.780.